The highest BCUT2D eigenvalue weighted by molar-refractivity contribution is 7.10. The van der Waals surface area contributed by atoms with Crippen molar-refractivity contribution in [2.24, 2.45) is 0 Å². The van der Waals surface area contributed by atoms with E-state index in [2.05, 4.69) is 29.8 Å². The van der Waals surface area contributed by atoms with Gasteiger partial charge in [-0.05, 0) is 42.0 Å². The lowest BCUT2D eigenvalue weighted by molar-refractivity contribution is 0.425. The van der Waals surface area contributed by atoms with Crippen LogP contribution in [0, 0.1) is 6.92 Å². The zero-order valence-electron chi connectivity index (χ0n) is 8.62. The van der Waals surface area contributed by atoms with Gasteiger partial charge in [-0.25, -0.2) is 0 Å². The molecule has 1 N–H and O–H groups in total. The molecular formula is C12H13NOS. The predicted molar refractivity (Wildman–Crippen MR) is 61.3 cm³/mol. The molecular weight excluding hydrogens is 206 g/mol. The number of furan rings is 1. The van der Waals surface area contributed by atoms with Gasteiger partial charge >= 0.3 is 0 Å². The van der Waals surface area contributed by atoms with Crippen LogP contribution in [0.4, 0.5) is 0 Å². The van der Waals surface area contributed by atoms with Crippen LogP contribution in [0.2, 0.25) is 0 Å². The van der Waals surface area contributed by atoms with Crippen molar-refractivity contribution >= 4 is 11.3 Å². The summed E-state index contributed by atoms with van der Waals surface area (Å²) in [6.45, 7) is 3.17. The number of hydrogen-bond donors (Lipinski definition) is 1. The van der Waals surface area contributed by atoms with Crippen LogP contribution in [0.1, 0.15) is 27.8 Å². The van der Waals surface area contributed by atoms with Gasteiger partial charge < -0.3 is 9.73 Å². The van der Waals surface area contributed by atoms with Crippen molar-refractivity contribution in [2.45, 2.75) is 19.4 Å². The van der Waals surface area contributed by atoms with Gasteiger partial charge in [-0.2, -0.15) is 0 Å². The first-order chi connectivity index (χ1) is 7.34. The third-order valence-electron chi connectivity index (χ3n) is 2.87. The lowest BCUT2D eigenvalue weighted by Gasteiger charge is -2.21. The molecule has 1 aliphatic heterocycles. The number of aryl methyl sites for hydroxylation is 1. The van der Waals surface area contributed by atoms with E-state index in [1.807, 2.05) is 0 Å². The molecule has 1 atom stereocenters. The van der Waals surface area contributed by atoms with Crippen molar-refractivity contribution in [3.63, 3.8) is 0 Å². The quantitative estimate of drug-likeness (QED) is 0.797. The van der Waals surface area contributed by atoms with Gasteiger partial charge in [0.2, 0.25) is 0 Å². The highest BCUT2D eigenvalue weighted by Gasteiger charge is 2.24. The Morgan fingerprint density at radius 2 is 2.47 bits per heavy atom. The lowest BCUT2D eigenvalue weighted by Crippen LogP contribution is -2.29. The van der Waals surface area contributed by atoms with E-state index in [-0.39, 0.29) is 6.04 Å². The number of rotatable bonds is 1. The second kappa shape index (κ2) is 3.51. The number of nitrogens with one attached hydrogen (secondary N) is 1. The van der Waals surface area contributed by atoms with E-state index in [1.54, 1.807) is 17.6 Å². The van der Waals surface area contributed by atoms with Gasteiger partial charge in [0.15, 0.2) is 0 Å². The fourth-order valence-electron chi connectivity index (χ4n) is 2.14. The third-order valence-corrected chi connectivity index (χ3v) is 3.75. The topological polar surface area (TPSA) is 25.2 Å². The van der Waals surface area contributed by atoms with E-state index in [0.29, 0.717) is 0 Å². The zero-order valence-corrected chi connectivity index (χ0v) is 9.43. The Kier molecular flexibility index (Phi) is 2.15. The van der Waals surface area contributed by atoms with Gasteiger partial charge in [0.1, 0.15) is 5.76 Å². The summed E-state index contributed by atoms with van der Waals surface area (Å²) in [4.78, 5) is 1.35. The minimum Gasteiger partial charge on any atom is -0.467 e. The summed E-state index contributed by atoms with van der Waals surface area (Å²) < 4.78 is 5.57. The normalized spacial score (nSPS) is 20.2. The monoisotopic (exact) mass is 219 g/mol. The standard InChI is InChI=1S/C12H13NOS/c1-8-6-10(7-15-8)11-12-9(2-4-13-11)3-5-14-12/h3,5-7,11,13H,2,4H2,1H3. The van der Waals surface area contributed by atoms with Crippen LogP contribution in [0.25, 0.3) is 0 Å². The molecule has 0 bridgehead atoms. The Hall–Kier alpha value is -1.06. The number of hydrogen-bond acceptors (Lipinski definition) is 3. The van der Waals surface area contributed by atoms with E-state index >= 15 is 0 Å². The van der Waals surface area contributed by atoms with E-state index in [9.17, 15) is 0 Å². The minimum absolute atomic E-state index is 0.258. The first kappa shape index (κ1) is 9.19. The third kappa shape index (κ3) is 1.52. The smallest absolute Gasteiger partial charge is 0.128 e. The molecule has 3 heterocycles. The second-order valence-electron chi connectivity index (χ2n) is 3.94. The maximum absolute atomic E-state index is 5.57. The zero-order chi connectivity index (χ0) is 10.3. The van der Waals surface area contributed by atoms with Crippen LogP contribution in [0.5, 0.6) is 0 Å². The van der Waals surface area contributed by atoms with Gasteiger partial charge in [-0.15, -0.1) is 11.3 Å². The summed E-state index contributed by atoms with van der Waals surface area (Å²) in [5.74, 6) is 1.10. The summed E-state index contributed by atoms with van der Waals surface area (Å²) in [5, 5.41) is 5.72. The fourth-order valence-corrected chi connectivity index (χ4v) is 2.87. The summed E-state index contributed by atoms with van der Waals surface area (Å²) in [6, 6.07) is 4.58. The van der Waals surface area contributed by atoms with Crippen LogP contribution in [0.3, 0.4) is 0 Å². The van der Waals surface area contributed by atoms with Crippen molar-refractivity contribution in [3.05, 3.63) is 45.5 Å². The van der Waals surface area contributed by atoms with Gasteiger partial charge in [0.05, 0.1) is 12.3 Å². The molecule has 1 unspecified atom stereocenters. The second-order valence-corrected chi connectivity index (χ2v) is 5.05. The van der Waals surface area contributed by atoms with Crippen molar-refractivity contribution in [1.82, 2.24) is 5.32 Å². The van der Waals surface area contributed by atoms with Gasteiger partial charge in [0, 0.05) is 11.4 Å². The first-order valence-electron chi connectivity index (χ1n) is 5.19. The molecule has 0 saturated carbocycles. The highest BCUT2D eigenvalue weighted by Crippen LogP contribution is 2.31. The SMILES string of the molecule is Cc1cc(C2NCCc3ccoc32)cs1. The van der Waals surface area contributed by atoms with Crippen molar-refractivity contribution in [2.75, 3.05) is 6.54 Å². The largest absolute Gasteiger partial charge is 0.467 e. The van der Waals surface area contributed by atoms with Crippen LogP contribution in [-0.4, -0.2) is 6.54 Å². The van der Waals surface area contributed by atoms with Crippen LogP contribution < -0.4 is 5.32 Å². The van der Waals surface area contributed by atoms with Gasteiger partial charge in [-0.3, -0.25) is 0 Å². The van der Waals surface area contributed by atoms with Crippen molar-refractivity contribution < 1.29 is 4.42 Å². The Morgan fingerprint density at radius 1 is 1.53 bits per heavy atom. The maximum Gasteiger partial charge on any atom is 0.128 e. The molecule has 2 aromatic rings. The summed E-state index contributed by atoms with van der Waals surface area (Å²) in [5.41, 5.74) is 2.68. The van der Waals surface area contributed by atoms with Crippen LogP contribution >= 0.6 is 11.3 Å². The molecule has 2 nitrogen and oxygen atoms in total. The molecule has 0 aromatic carbocycles. The molecule has 0 aliphatic carbocycles. The summed E-state index contributed by atoms with van der Waals surface area (Å²) in [6.07, 6.45) is 2.87. The molecule has 78 valence electrons. The molecule has 3 rings (SSSR count). The Morgan fingerprint density at radius 3 is 3.27 bits per heavy atom. The average Bonchev–Trinajstić information content (AvgIpc) is 2.84. The molecule has 0 spiro atoms. The Labute approximate surface area is 92.9 Å². The van der Waals surface area contributed by atoms with Crippen LogP contribution in [-0.2, 0) is 6.42 Å². The van der Waals surface area contributed by atoms with Crippen molar-refractivity contribution in [3.8, 4) is 0 Å². The Balaban J connectivity index is 2.02. The Bertz CT molecular complexity index is 471. The molecule has 1 aliphatic rings. The molecule has 0 fully saturated rings. The first-order valence-corrected chi connectivity index (χ1v) is 6.07. The van der Waals surface area contributed by atoms with Gasteiger partial charge in [-0.1, -0.05) is 0 Å². The summed E-state index contributed by atoms with van der Waals surface area (Å²) in [7, 11) is 0. The molecule has 0 amide bonds. The predicted octanol–water partition coefficient (Wildman–Crippen LogP) is 2.88. The molecule has 0 radical (unpaired) electrons. The van der Waals surface area contributed by atoms with Gasteiger partial charge in [0.25, 0.3) is 0 Å². The number of fused-ring (bicyclic) bond motifs is 1. The van der Waals surface area contributed by atoms with Crippen molar-refractivity contribution in [1.29, 1.82) is 0 Å². The van der Waals surface area contributed by atoms with E-state index in [4.69, 9.17) is 4.42 Å². The van der Waals surface area contributed by atoms with E-state index < -0.39 is 0 Å². The minimum atomic E-state index is 0.258. The summed E-state index contributed by atoms with van der Waals surface area (Å²) >= 11 is 1.79. The fraction of sp³-hybridized carbons (Fsp3) is 0.333. The maximum atomic E-state index is 5.57. The molecule has 0 saturated heterocycles. The highest BCUT2D eigenvalue weighted by atomic mass is 32.1. The van der Waals surface area contributed by atoms with Crippen LogP contribution in [0.15, 0.2) is 28.2 Å². The average molecular weight is 219 g/mol. The van der Waals surface area contributed by atoms with E-state index in [1.165, 1.54) is 16.0 Å². The number of thiophene rings is 1. The van der Waals surface area contributed by atoms with E-state index in [0.717, 1.165) is 18.7 Å². The molecule has 3 heteroatoms. The molecule has 2 aromatic heterocycles. The molecule has 15 heavy (non-hydrogen) atoms. The lowest BCUT2D eigenvalue weighted by atomic mass is 9.99.